The number of ether oxygens (including phenoxy) is 1. The third kappa shape index (κ3) is 7.87. The van der Waals surface area contributed by atoms with E-state index >= 15 is 0 Å². The number of nitrogens with one attached hydrogen (secondary N) is 1. The van der Waals surface area contributed by atoms with E-state index in [1.165, 1.54) is 0 Å². The van der Waals surface area contributed by atoms with Crippen LogP contribution in [0.25, 0.3) is 0 Å². The molecule has 1 fully saturated rings. The molecule has 0 bridgehead atoms. The highest BCUT2D eigenvalue weighted by atomic mass is 16.6. The minimum Gasteiger partial charge on any atom is -0.456 e. The lowest BCUT2D eigenvalue weighted by Crippen LogP contribution is -2.49. The zero-order valence-electron chi connectivity index (χ0n) is 22.8. The predicted octanol–water partition coefficient (Wildman–Crippen LogP) is 2.88. The van der Waals surface area contributed by atoms with Crippen molar-refractivity contribution in [2.75, 3.05) is 38.1 Å². The summed E-state index contributed by atoms with van der Waals surface area (Å²) < 4.78 is 5.42. The van der Waals surface area contributed by atoms with Gasteiger partial charge in [-0.1, -0.05) is 38.1 Å². The van der Waals surface area contributed by atoms with Crippen molar-refractivity contribution < 1.29 is 19.1 Å². The summed E-state index contributed by atoms with van der Waals surface area (Å²) >= 11 is 0. The molecule has 0 saturated carbocycles. The monoisotopic (exact) mass is 508 g/mol. The summed E-state index contributed by atoms with van der Waals surface area (Å²) in [6, 6.07) is 14.2. The van der Waals surface area contributed by atoms with Crippen LogP contribution in [0.4, 0.5) is 5.69 Å². The average Bonchev–Trinajstić information content (AvgIpc) is 2.81. The van der Waals surface area contributed by atoms with Crippen molar-refractivity contribution in [1.29, 1.82) is 0 Å². The van der Waals surface area contributed by atoms with E-state index in [0.29, 0.717) is 31.6 Å². The first-order valence-electron chi connectivity index (χ1n) is 12.7. The number of hydrogen-bond donors (Lipinski definition) is 2. The van der Waals surface area contributed by atoms with Gasteiger partial charge < -0.3 is 20.7 Å². The standard InChI is InChI=1S/C29H40N4O4/c1-28(2,3)37-27(36)21-10-12-22(13-11-21)29(4,5)19-31-26(35)24(30)17-20-8-7-9-23(16-20)33-15-14-32(6)18-25(33)34/h7-13,16,24H,14-15,17-19,30H2,1-6H3,(H,31,35)/t24-/m0/s1. The number of piperazine rings is 1. The van der Waals surface area contributed by atoms with Crippen molar-refractivity contribution in [2.45, 2.75) is 58.1 Å². The van der Waals surface area contributed by atoms with E-state index in [1.54, 1.807) is 17.0 Å². The van der Waals surface area contributed by atoms with E-state index in [4.69, 9.17) is 10.5 Å². The highest BCUT2D eigenvalue weighted by Crippen LogP contribution is 2.24. The first-order valence-corrected chi connectivity index (χ1v) is 12.7. The zero-order chi connectivity index (χ0) is 27.4. The van der Waals surface area contributed by atoms with Crippen molar-refractivity contribution in [3.63, 3.8) is 0 Å². The van der Waals surface area contributed by atoms with Crippen molar-refractivity contribution in [3.05, 3.63) is 65.2 Å². The van der Waals surface area contributed by atoms with Gasteiger partial charge in [0.15, 0.2) is 0 Å². The van der Waals surface area contributed by atoms with Gasteiger partial charge in [0.05, 0.1) is 18.2 Å². The van der Waals surface area contributed by atoms with Crippen LogP contribution in [-0.2, 0) is 26.2 Å². The van der Waals surface area contributed by atoms with Crippen molar-refractivity contribution in [3.8, 4) is 0 Å². The molecular weight excluding hydrogens is 468 g/mol. The van der Waals surface area contributed by atoms with E-state index in [9.17, 15) is 14.4 Å². The van der Waals surface area contributed by atoms with Crippen LogP contribution in [0.15, 0.2) is 48.5 Å². The molecule has 0 aliphatic carbocycles. The molecule has 3 N–H and O–H groups in total. The molecule has 1 atom stereocenters. The third-order valence-corrected chi connectivity index (χ3v) is 6.43. The van der Waals surface area contributed by atoms with Crippen molar-refractivity contribution in [1.82, 2.24) is 10.2 Å². The predicted molar refractivity (Wildman–Crippen MR) is 146 cm³/mol. The fraction of sp³-hybridized carbons (Fsp3) is 0.483. The maximum absolute atomic E-state index is 12.8. The van der Waals surface area contributed by atoms with Gasteiger partial charge in [0.2, 0.25) is 11.8 Å². The Morgan fingerprint density at radius 2 is 1.73 bits per heavy atom. The molecular formula is C29H40N4O4. The Balaban J connectivity index is 1.56. The van der Waals surface area contributed by atoms with E-state index < -0.39 is 11.6 Å². The lowest BCUT2D eigenvalue weighted by atomic mass is 9.84. The molecule has 200 valence electrons. The number of likely N-dealkylation sites (N-methyl/N-ethyl adjacent to an activating group) is 1. The van der Waals surface area contributed by atoms with Crippen LogP contribution in [-0.4, -0.2) is 67.6 Å². The molecule has 0 spiro atoms. The smallest absolute Gasteiger partial charge is 0.338 e. The summed E-state index contributed by atoms with van der Waals surface area (Å²) in [5.41, 5.74) is 8.53. The second kappa shape index (κ2) is 11.4. The van der Waals surface area contributed by atoms with Gasteiger partial charge in [-0.2, -0.15) is 0 Å². The van der Waals surface area contributed by atoms with Crippen LogP contribution in [0, 0.1) is 0 Å². The number of rotatable bonds is 8. The number of anilines is 1. The minimum atomic E-state index is -0.719. The Hall–Kier alpha value is -3.23. The Morgan fingerprint density at radius 1 is 1.05 bits per heavy atom. The number of hydrogen-bond acceptors (Lipinski definition) is 6. The summed E-state index contributed by atoms with van der Waals surface area (Å²) in [4.78, 5) is 41.3. The molecule has 1 saturated heterocycles. The molecule has 0 radical (unpaired) electrons. The van der Waals surface area contributed by atoms with Crippen LogP contribution >= 0.6 is 0 Å². The topological polar surface area (TPSA) is 105 Å². The van der Waals surface area contributed by atoms with Crippen molar-refractivity contribution in [2.24, 2.45) is 5.73 Å². The maximum atomic E-state index is 12.8. The third-order valence-electron chi connectivity index (χ3n) is 6.43. The number of benzene rings is 2. The van der Waals surface area contributed by atoms with Gasteiger partial charge in [0.1, 0.15) is 5.60 Å². The van der Waals surface area contributed by atoms with Gasteiger partial charge in [-0.25, -0.2) is 4.79 Å². The quantitative estimate of drug-likeness (QED) is 0.532. The zero-order valence-corrected chi connectivity index (χ0v) is 22.8. The molecule has 1 aliphatic rings. The van der Waals surface area contributed by atoms with E-state index in [-0.39, 0.29) is 23.2 Å². The van der Waals surface area contributed by atoms with Crippen LogP contribution in [0.5, 0.6) is 0 Å². The molecule has 8 heteroatoms. The summed E-state index contributed by atoms with van der Waals surface area (Å²) in [6.07, 6.45) is 0.368. The maximum Gasteiger partial charge on any atom is 0.338 e. The molecule has 3 rings (SSSR count). The van der Waals surface area contributed by atoms with Crippen LogP contribution in [0.2, 0.25) is 0 Å². The molecule has 2 amide bonds. The second-order valence-electron chi connectivity index (χ2n) is 11.4. The highest BCUT2D eigenvalue weighted by molar-refractivity contribution is 5.95. The lowest BCUT2D eigenvalue weighted by molar-refractivity contribution is -0.122. The summed E-state index contributed by atoms with van der Waals surface area (Å²) in [5, 5.41) is 2.97. The summed E-state index contributed by atoms with van der Waals surface area (Å²) in [5.74, 6) is -0.536. The minimum absolute atomic E-state index is 0.0642. The Labute approximate surface area is 220 Å². The molecule has 1 heterocycles. The number of carbonyl (C=O) groups excluding carboxylic acids is 3. The van der Waals surface area contributed by atoms with Crippen LogP contribution < -0.4 is 16.0 Å². The first-order chi connectivity index (χ1) is 17.2. The fourth-order valence-corrected chi connectivity index (χ4v) is 4.20. The molecule has 37 heavy (non-hydrogen) atoms. The van der Waals surface area contributed by atoms with Crippen molar-refractivity contribution >= 4 is 23.5 Å². The molecule has 0 aromatic heterocycles. The van der Waals surface area contributed by atoms with Gasteiger partial charge in [0.25, 0.3) is 0 Å². The normalized spacial score (nSPS) is 15.9. The summed E-state index contributed by atoms with van der Waals surface area (Å²) in [6.45, 7) is 11.8. The first kappa shape index (κ1) is 28.3. The SMILES string of the molecule is CN1CCN(c2cccc(C[C@H](N)C(=O)NCC(C)(C)c3ccc(C(=O)OC(C)(C)C)cc3)c2)C(=O)C1. The highest BCUT2D eigenvalue weighted by Gasteiger charge is 2.26. The molecule has 1 aliphatic heterocycles. The largest absolute Gasteiger partial charge is 0.456 e. The lowest BCUT2D eigenvalue weighted by Gasteiger charge is -2.32. The van der Waals surface area contributed by atoms with E-state index in [0.717, 1.165) is 23.4 Å². The number of nitrogens with zero attached hydrogens (tertiary/aromatic N) is 2. The van der Waals surface area contributed by atoms with Crippen LogP contribution in [0.1, 0.15) is 56.1 Å². The van der Waals surface area contributed by atoms with Gasteiger partial charge in [-0.05, 0) is 69.6 Å². The Kier molecular flexibility index (Phi) is 8.76. The van der Waals surface area contributed by atoms with Crippen LogP contribution in [0.3, 0.4) is 0 Å². The molecule has 8 nitrogen and oxygen atoms in total. The van der Waals surface area contributed by atoms with Gasteiger partial charge in [-0.3, -0.25) is 14.5 Å². The number of amides is 2. The van der Waals surface area contributed by atoms with Gasteiger partial charge in [0, 0.05) is 30.7 Å². The number of nitrogens with two attached hydrogens (primary N) is 1. The second-order valence-corrected chi connectivity index (χ2v) is 11.4. The fourth-order valence-electron chi connectivity index (χ4n) is 4.20. The molecule has 2 aromatic carbocycles. The summed E-state index contributed by atoms with van der Waals surface area (Å²) in [7, 11) is 1.93. The Bertz CT molecular complexity index is 1120. The Morgan fingerprint density at radius 3 is 2.35 bits per heavy atom. The van der Waals surface area contributed by atoms with E-state index in [2.05, 4.69) is 5.32 Å². The number of carbonyl (C=O) groups is 3. The molecule has 0 unspecified atom stereocenters. The van der Waals surface area contributed by atoms with E-state index in [1.807, 2.05) is 83.0 Å². The van der Waals surface area contributed by atoms with Gasteiger partial charge in [-0.15, -0.1) is 0 Å². The van der Waals surface area contributed by atoms with Gasteiger partial charge >= 0.3 is 5.97 Å². The average molecular weight is 509 g/mol. The number of esters is 1. The molecule has 2 aromatic rings.